The Morgan fingerprint density at radius 1 is 0.487 bits per heavy atom. The molecule has 1 heterocycles. The largest absolute Gasteiger partial charge is 0.508 e. The molecule has 39 nitrogen and oxygen atoms in total. The van der Waals surface area contributed by atoms with Gasteiger partial charge in [-0.1, -0.05) is 87.7 Å². The number of carboxylic acids is 1. The lowest BCUT2D eigenvalue weighted by Crippen LogP contribution is -2.62. The molecule has 15 atom stereocenters. The highest BCUT2D eigenvalue weighted by atomic mass is 19.1. The minimum absolute atomic E-state index is 0.0384. The number of imidazole rings is 1. The van der Waals surface area contributed by atoms with Gasteiger partial charge in [-0.2, -0.15) is 0 Å². The molecule has 119 heavy (non-hydrogen) atoms. The fraction of sp³-hybridized carbons (Fsp3) is 0.532. The summed E-state index contributed by atoms with van der Waals surface area (Å²) < 4.78 is 14.2. The maximum absolute atomic E-state index is 15.1. The van der Waals surface area contributed by atoms with E-state index in [9.17, 15) is 97.0 Å². The summed E-state index contributed by atoms with van der Waals surface area (Å²) in [5.74, 6) is -17.9. The molecule has 1 fully saturated rings. The van der Waals surface area contributed by atoms with E-state index in [1.165, 1.54) is 62.8 Å². The fourth-order valence-corrected chi connectivity index (χ4v) is 12.6. The number of unbranched alkanes of at least 4 members (excludes halogenated alkanes) is 1. The Labute approximate surface area is 686 Å². The van der Waals surface area contributed by atoms with E-state index in [1.54, 1.807) is 44.2 Å². The Balaban J connectivity index is 1.42. The lowest BCUT2D eigenvalue weighted by atomic mass is 9.80. The molecule has 3 aromatic carbocycles. The van der Waals surface area contributed by atoms with Gasteiger partial charge in [-0.3, -0.25) is 76.7 Å². The van der Waals surface area contributed by atoms with Crippen molar-refractivity contribution in [1.82, 2.24) is 79.1 Å². The molecule has 4 aromatic rings. The van der Waals surface area contributed by atoms with E-state index in [2.05, 4.69) is 79.1 Å². The van der Waals surface area contributed by atoms with Gasteiger partial charge in [0.25, 0.3) is 0 Å². The van der Waals surface area contributed by atoms with Gasteiger partial charge < -0.3 is 117 Å². The van der Waals surface area contributed by atoms with E-state index in [0.29, 0.717) is 36.8 Å². The number of aromatic nitrogens is 2. The number of amides is 15. The van der Waals surface area contributed by atoms with Crippen LogP contribution in [0.3, 0.4) is 0 Å². The SMILES string of the molecule is CC(=O)N[C@@H](CC(C)C)C(=O)N[C@H](C(=O)N[C@@H](Cc1ccc(F)cc1)C(=O)N[C@@H](CCC(=O)O)C(=O)N[C@@H](Cc1c[nH]cn1)C(=O)N[C@@H](Cc1ccc(O)cc1)C(=O)N[C@@H](CCc1ccccc1)C(=O)N[C@@H](C)C(=O)N[C@@H](CCC(N)=O)C(=O)N[C@@H](CC1CCC1)C(=O)N[C@H](C(=O)N[C@@H](CO)C(=O)N[C@@H](CCCCN)C(N)=O)[C@@H](C)O)[C@@H](C)O. The van der Waals surface area contributed by atoms with Crippen molar-refractivity contribution >= 4 is 94.6 Å². The number of primary amides is 2. The number of aliphatic hydroxyl groups is 3. The van der Waals surface area contributed by atoms with E-state index in [-0.39, 0.29) is 67.5 Å². The average Bonchev–Trinajstić information content (AvgIpc) is 1.11. The van der Waals surface area contributed by atoms with Crippen LogP contribution in [0.1, 0.15) is 147 Å². The average molecular weight is 1670 g/mol. The van der Waals surface area contributed by atoms with Crippen molar-refractivity contribution in [2.24, 2.45) is 29.0 Å². The summed E-state index contributed by atoms with van der Waals surface area (Å²) in [7, 11) is 0. The van der Waals surface area contributed by atoms with Crippen molar-refractivity contribution in [3.8, 4) is 5.75 Å². The number of hydrogen-bond acceptors (Lipinski definition) is 22. The van der Waals surface area contributed by atoms with Crippen LogP contribution < -0.4 is 86.3 Å². The summed E-state index contributed by atoms with van der Waals surface area (Å²) >= 11 is 0. The summed E-state index contributed by atoms with van der Waals surface area (Å²) in [5, 5.41) is 84.2. The zero-order chi connectivity index (χ0) is 88.2. The topological polar surface area (TPSA) is 637 Å². The predicted molar refractivity (Wildman–Crippen MR) is 425 cm³/mol. The lowest BCUT2D eigenvalue weighted by Gasteiger charge is -2.32. The maximum atomic E-state index is 15.1. The second-order valence-corrected chi connectivity index (χ2v) is 29.9. The van der Waals surface area contributed by atoms with Crippen LogP contribution in [0, 0.1) is 17.7 Å². The Morgan fingerprint density at radius 2 is 0.933 bits per heavy atom. The number of phenols is 1. The molecule has 1 aliphatic carbocycles. The second-order valence-electron chi connectivity index (χ2n) is 29.9. The minimum atomic E-state index is -1.86. The molecule has 0 unspecified atom stereocenters. The molecule has 0 spiro atoms. The van der Waals surface area contributed by atoms with Crippen molar-refractivity contribution in [2.45, 2.75) is 241 Å². The third-order valence-electron chi connectivity index (χ3n) is 19.5. The Kier molecular flexibility index (Phi) is 40.4. The van der Waals surface area contributed by atoms with Gasteiger partial charge in [-0.25, -0.2) is 9.37 Å². The molecule has 5 rings (SSSR count). The van der Waals surface area contributed by atoms with Crippen molar-refractivity contribution in [3.63, 3.8) is 0 Å². The van der Waals surface area contributed by atoms with Gasteiger partial charge in [-0.15, -0.1) is 0 Å². The number of halogens is 1. The molecule has 0 aliphatic heterocycles. The third kappa shape index (κ3) is 34.2. The number of benzene rings is 3. The zero-order valence-electron chi connectivity index (χ0n) is 67.2. The molecule has 1 aliphatic rings. The van der Waals surface area contributed by atoms with E-state index >= 15 is 9.59 Å². The number of aryl methyl sites for hydroxylation is 1. The van der Waals surface area contributed by atoms with Crippen LogP contribution in [0.2, 0.25) is 0 Å². The number of aliphatic carboxylic acids is 1. The van der Waals surface area contributed by atoms with Crippen molar-refractivity contribution in [1.29, 1.82) is 0 Å². The summed E-state index contributed by atoms with van der Waals surface area (Å²) in [6, 6.07) is -2.44. The second kappa shape index (κ2) is 49.2. The van der Waals surface area contributed by atoms with Crippen molar-refractivity contribution < 1.29 is 107 Å². The predicted octanol–water partition coefficient (Wildman–Crippen LogP) is -4.01. The standard InChI is InChI=1S/C79H113FN18O21/c1-41(2)33-57(87-45(6)102)75(115)97-65(43(4)100)78(118)95-59(35-48-18-23-50(80)24-19-48)73(113)91-56(29-31-64(105)106)71(111)94-61(37-51-38-84-40-85-51)74(114)93-58(36-49-20-25-52(103)26-21-49)72(112)90-54(27-22-46-13-8-7-9-14-46)69(109)86-42(3)68(108)89-55(28-30-63(82)104)70(110)92-60(34-47-15-12-16-47)76(116)98-66(44(5)101)79(119)96-62(39-99)77(117)88-53(67(83)107)17-10-11-32-81/h7-9,13-14,18-21,23-26,38,40-44,47,53-62,65-66,99-101,103H,10-12,15-17,22,27-37,39,81H2,1-6H3,(H2,82,104)(H2,83,107)(H,84,85)(H,86,109)(H,87,102)(H,88,117)(H,89,108)(H,90,112)(H,91,113)(H,92,110)(H,93,114)(H,94,111)(H,95,118)(H,96,119)(H,97,115)(H,98,116)(H,105,106)/t42-,43+,44+,53-,54-,55-,56-,57-,58-,59-,60-,61-,62-,65-,66-/m0/s1. The lowest BCUT2D eigenvalue weighted by molar-refractivity contribution is -0.139. The van der Waals surface area contributed by atoms with Crippen LogP contribution in [0.25, 0.3) is 0 Å². The quantitative estimate of drug-likeness (QED) is 0.0187. The number of aromatic hydroxyl groups is 1. The molecular weight excluding hydrogens is 1560 g/mol. The number of H-pyrrole nitrogens is 1. The monoisotopic (exact) mass is 1670 g/mol. The zero-order valence-corrected chi connectivity index (χ0v) is 67.2. The van der Waals surface area contributed by atoms with Crippen molar-refractivity contribution in [2.75, 3.05) is 13.2 Å². The van der Waals surface area contributed by atoms with Crippen LogP contribution in [0.15, 0.2) is 91.4 Å². The fourth-order valence-electron chi connectivity index (χ4n) is 12.6. The number of hydrogen-bond donors (Lipinski definition) is 22. The van der Waals surface area contributed by atoms with E-state index in [1.807, 2.05) is 0 Å². The first-order valence-electron chi connectivity index (χ1n) is 39.3. The smallest absolute Gasteiger partial charge is 0.303 e. The van der Waals surface area contributed by atoms with Crippen LogP contribution in [-0.2, 0) is 102 Å². The Bertz CT molecular complexity index is 4080. The number of phenolic OH excluding ortho intramolecular Hbond substituents is 1. The summed E-state index contributed by atoms with van der Waals surface area (Å²) in [6.45, 7) is 7.50. The Morgan fingerprint density at radius 3 is 1.40 bits per heavy atom. The number of carboxylic acid groups (broad SMARTS) is 1. The maximum Gasteiger partial charge on any atom is 0.303 e. The first-order valence-corrected chi connectivity index (χ1v) is 39.3. The van der Waals surface area contributed by atoms with Gasteiger partial charge in [0, 0.05) is 45.2 Å². The number of nitrogens with zero attached hydrogens (tertiary/aromatic N) is 1. The molecule has 0 saturated heterocycles. The van der Waals surface area contributed by atoms with Gasteiger partial charge in [0.15, 0.2) is 0 Å². The third-order valence-corrected chi connectivity index (χ3v) is 19.5. The number of nitrogens with one attached hydrogen (secondary N) is 14. The number of nitrogens with two attached hydrogens (primary N) is 3. The molecule has 0 radical (unpaired) electrons. The highest BCUT2D eigenvalue weighted by Crippen LogP contribution is 2.31. The highest BCUT2D eigenvalue weighted by Gasteiger charge is 2.40. The van der Waals surface area contributed by atoms with Crippen LogP contribution in [-0.4, -0.2) is 234 Å². The van der Waals surface area contributed by atoms with E-state index in [4.69, 9.17) is 17.2 Å². The van der Waals surface area contributed by atoms with Gasteiger partial charge in [0.1, 0.15) is 90.1 Å². The summed E-state index contributed by atoms with van der Waals surface area (Å²) in [6.07, 6.45) is -1.52. The number of rotatable bonds is 52. The summed E-state index contributed by atoms with van der Waals surface area (Å²) in [5.41, 5.74) is 17.9. The minimum Gasteiger partial charge on any atom is -0.508 e. The highest BCUT2D eigenvalue weighted by molar-refractivity contribution is 6.00. The Hall–Kier alpha value is -12.0. The number of carbonyl (C=O) groups excluding carboxylic acids is 15. The number of aliphatic hydroxyl groups excluding tert-OH is 3. The summed E-state index contributed by atoms with van der Waals surface area (Å²) in [4.78, 5) is 228. The van der Waals surface area contributed by atoms with Gasteiger partial charge in [0.05, 0.1) is 30.8 Å². The van der Waals surface area contributed by atoms with E-state index in [0.717, 1.165) is 32.4 Å². The first-order chi connectivity index (χ1) is 56.3. The molecule has 652 valence electrons. The van der Waals surface area contributed by atoms with Gasteiger partial charge in [0.2, 0.25) is 88.6 Å². The first kappa shape index (κ1) is 97.5. The molecular formula is C79H113FN18O21. The molecule has 1 saturated carbocycles. The molecule has 40 heteroatoms. The van der Waals surface area contributed by atoms with Crippen LogP contribution in [0.5, 0.6) is 5.75 Å². The van der Waals surface area contributed by atoms with Gasteiger partial charge in [-0.05, 0) is 138 Å². The molecule has 25 N–H and O–H groups in total. The van der Waals surface area contributed by atoms with E-state index < -0.39 is 243 Å². The van der Waals surface area contributed by atoms with Crippen LogP contribution in [0.4, 0.5) is 4.39 Å². The van der Waals surface area contributed by atoms with Crippen LogP contribution >= 0.6 is 0 Å². The normalized spacial score (nSPS) is 15.7. The number of carbonyl (C=O) groups is 16. The van der Waals surface area contributed by atoms with Gasteiger partial charge >= 0.3 is 5.97 Å². The van der Waals surface area contributed by atoms with Crippen molar-refractivity contribution in [3.05, 3.63) is 120 Å². The molecule has 0 bridgehead atoms. The molecule has 1 aromatic heterocycles. The number of aromatic amines is 1. The molecule has 15 amide bonds.